The summed E-state index contributed by atoms with van der Waals surface area (Å²) in [6.07, 6.45) is 0. The minimum absolute atomic E-state index is 1.06. The van der Waals surface area contributed by atoms with E-state index < -0.39 is 0 Å². The first kappa shape index (κ1) is 52.5. The monoisotopic (exact) mass is 1170 g/mol. The first-order valence-corrected chi connectivity index (χ1v) is 32.1. The molecule has 17 aromatic carbocycles. The summed E-state index contributed by atoms with van der Waals surface area (Å²) in [4.78, 5) is 4.92. The van der Waals surface area contributed by atoms with Crippen molar-refractivity contribution in [3.8, 4) is 44.5 Å². The van der Waals surface area contributed by atoms with Crippen molar-refractivity contribution < 1.29 is 0 Å². The lowest BCUT2D eigenvalue weighted by Gasteiger charge is -2.30. The fraction of sp³-hybridized carbons (Fsp3) is 0. The molecule has 0 radical (unpaired) electrons. The van der Waals surface area contributed by atoms with Gasteiger partial charge in [-0.25, -0.2) is 0 Å². The van der Waals surface area contributed by atoms with E-state index in [0.29, 0.717) is 0 Å². The SMILES string of the molecule is c1ccc(-c2ccc3c(ccc4cc(N(c5ccc(-c6ccc7c(ccc8ccccc87)c6)cc5)c5cccc(-c6ccccc6N(c6ccc(-c7cc8sc9ccccc9c8c8ccccc78)cc6)c6cc7ccccc7c7ccccc67)c5)ccc43)c2)cc1. The zero-order chi connectivity index (χ0) is 59.9. The average Bonchev–Trinajstić information content (AvgIpc) is 1.83. The highest BCUT2D eigenvalue weighted by Gasteiger charge is 2.23. The number of benzene rings is 17. The van der Waals surface area contributed by atoms with E-state index >= 15 is 0 Å². The summed E-state index contributed by atoms with van der Waals surface area (Å²) in [6, 6.07) is 126. The van der Waals surface area contributed by atoms with Gasteiger partial charge >= 0.3 is 0 Å². The summed E-state index contributed by atoms with van der Waals surface area (Å²) >= 11 is 1.88. The Labute approximate surface area is 531 Å². The third-order valence-corrected chi connectivity index (χ3v) is 19.9. The zero-order valence-corrected chi connectivity index (χ0v) is 50.5. The summed E-state index contributed by atoms with van der Waals surface area (Å²) in [7, 11) is 0. The average molecular weight is 1170 g/mol. The Balaban J connectivity index is 0.784. The van der Waals surface area contributed by atoms with E-state index in [1.807, 2.05) is 11.3 Å². The van der Waals surface area contributed by atoms with E-state index in [2.05, 4.69) is 350 Å². The summed E-state index contributed by atoms with van der Waals surface area (Å²) in [5.41, 5.74) is 15.9. The maximum atomic E-state index is 2.50. The zero-order valence-electron chi connectivity index (χ0n) is 49.6. The van der Waals surface area contributed by atoms with E-state index in [0.717, 1.165) is 45.3 Å². The molecule has 0 fully saturated rings. The smallest absolute Gasteiger partial charge is 0.0546 e. The van der Waals surface area contributed by atoms with Gasteiger partial charge in [0.15, 0.2) is 0 Å². The summed E-state index contributed by atoms with van der Waals surface area (Å²) in [5, 5.41) is 19.9. The molecule has 18 rings (SSSR count). The van der Waals surface area contributed by atoms with Gasteiger partial charge in [-0.05, 0) is 194 Å². The molecule has 91 heavy (non-hydrogen) atoms. The van der Waals surface area contributed by atoms with Crippen LogP contribution in [0.4, 0.5) is 34.1 Å². The van der Waals surface area contributed by atoms with Crippen LogP contribution < -0.4 is 9.80 Å². The molecule has 0 bridgehead atoms. The Kier molecular flexibility index (Phi) is 12.5. The van der Waals surface area contributed by atoms with Gasteiger partial charge in [-0.2, -0.15) is 0 Å². The minimum Gasteiger partial charge on any atom is -0.310 e. The van der Waals surface area contributed by atoms with Crippen molar-refractivity contribution in [3.63, 3.8) is 0 Å². The van der Waals surface area contributed by atoms with Gasteiger partial charge in [0.05, 0.1) is 11.4 Å². The Morgan fingerprint density at radius 1 is 0.187 bits per heavy atom. The van der Waals surface area contributed by atoms with Crippen LogP contribution in [0.3, 0.4) is 0 Å². The van der Waals surface area contributed by atoms with Crippen LogP contribution in [-0.4, -0.2) is 0 Å². The molecule has 0 atom stereocenters. The molecule has 0 aliphatic heterocycles. The van der Waals surface area contributed by atoms with Gasteiger partial charge in [0.1, 0.15) is 0 Å². The molecule has 0 aliphatic carbocycles. The van der Waals surface area contributed by atoms with Gasteiger partial charge in [0.25, 0.3) is 0 Å². The standard InChI is InChI=1S/C88H56N2S/c1-2-17-57(18-3-1)61-41-49-75-66(51-61)35-36-67-54-71(47-50-76(67)75)89(68-43-37-58(38-44-68)62-42-48-74-65(52-62)34-33-59-19-4-6-23-72(59)74)70-22-16-21-63(53-70)77-25-12-14-31-84(77)90(85-55-64-20-5-7-24-73(64)78-26-8-10-28-80(78)85)69-45-39-60(40-46-69)83-56-87-88(81-29-11-9-27-79(81)83)82-30-13-15-32-86(82)91-87/h1-56H. The lowest BCUT2D eigenvalue weighted by Crippen LogP contribution is -2.12. The lowest BCUT2D eigenvalue weighted by molar-refractivity contribution is 1.28. The maximum Gasteiger partial charge on any atom is 0.0546 e. The fourth-order valence-corrected chi connectivity index (χ4v) is 15.6. The molecule has 0 spiro atoms. The van der Waals surface area contributed by atoms with Crippen molar-refractivity contribution in [2.45, 2.75) is 0 Å². The van der Waals surface area contributed by atoms with Crippen LogP contribution in [0.1, 0.15) is 0 Å². The Morgan fingerprint density at radius 2 is 0.659 bits per heavy atom. The summed E-state index contributed by atoms with van der Waals surface area (Å²) in [5.74, 6) is 0. The van der Waals surface area contributed by atoms with Crippen molar-refractivity contribution in [1.29, 1.82) is 0 Å². The Hall–Kier alpha value is -11.6. The minimum atomic E-state index is 1.06. The highest BCUT2D eigenvalue weighted by Crippen LogP contribution is 2.49. The van der Waals surface area contributed by atoms with Crippen LogP contribution in [0.5, 0.6) is 0 Å². The molecule has 18 aromatic rings. The van der Waals surface area contributed by atoms with Crippen LogP contribution >= 0.6 is 11.3 Å². The van der Waals surface area contributed by atoms with E-state index in [9.17, 15) is 0 Å². The molecule has 0 N–H and O–H groups in total. The molecular formula is C88H56N2S. The molecule has 0 unspecified atom stereocenters. The number of anilines is 6. The van der Waals surface area contributed by atoms with Gasteiger partial charge in [-0.3, -0.25) is 0 Å². The van der Waals surface area contributed by atoms with Crippen molar-refractivity contribution in [3.05, 3.63) is 340 Å². The fourth-order valence-electron chi connectivity index (χ4n) is 14.4. The van der Waals surface area contributed by atoms with Crippen LogP contribution in [-0.2, 0) is 0 Å². The number of para-hydroxylation sites is 1. The number of thiophene rings is 1. The van der Waals surface area contributed by atoms with Crippen molar-refractivity contribution in [2.24, 2.45) is 0 Å². The number of hydrogen-bond acceptors (Lipinski definition) is 3. The first-order chi connectivity index (χ1) is 45.1. The number of nitrogens with zero attached hydrogens (tertiary/aromatic N) is 2. The molecular weight excluding hydrogens is 1120 g/mol. The third-order valence-electron chi connectivity index (χ3n) is 18.8. The predicted octanol–water partition coefficient (Wildman–Crippen LogP) is 25.7. The highest BCUT2D eigenvalue weighted by atomic mass is 32.1. The number of rotatable bonds is 10. The quantitative estimate of drug-likeness (QED) is 0.126. The van der Waals surface area contributed by atoms with Crippen LogP contribution in [0.25, 0.3) is 140 Å². The van der Waals surface area contributed by atoms with Gasteiger partial charge in [0, 0.05) is 53.9 Å². The largest absolute Gasteiger partial charge is 0.310 e. The second-order valence-electron chi connectivity index (χ2n) is 23.9. The van der Waals surface area contributed by atoms with Gasteiger partial charge < -0.3 is 9.80 Å². The molecule has 0 saturated carbocycles. The van der Waals surface area contributed by atoms with Gasteiger partial charge in [-0.15, -0.1) is 11.3 Å². The number of hydrogen-bond donors (Lipinski definition) is 0. The molecule has 3 heteroatoms. The lowest BCUT2D eigenvalue weighted by atomic mass is 9.94. The molecule has 0 amide bonds. The Morgan fingerprint density at radius 3 is 1.40 bits per heavy atom. The topological polar surface area (TPSA) is 6.48 Å². The van der Waals surface area contributed by atoms with Crippen LogP contribution in [0.15, 0.2) is 340 Å². The third kappa shape index (κ3) is 9.00. The maximum absolute atomic E-state index is 2.50. The molecule has 0 aliphatic rings. The predicted molar refractivity (Wildman–Crippen MR) is 393 cm³/mol. The molecule has 1 aromatic heterocycles. The summed E-state index contributed by atoms with van der Waals surface area (Å²) < 4.78 is 2.61. The highest BCUT2D eigenvalue weighted by molar-refractivity contribution is 7.26. The van der Waals surface area contributed by atoms with Gasteiger partial charge in [0.2, 0.25) is 0 Å². The summed E-state index contributed by atoms with van der Waals surface area (Å²) in [6.45, 7) is 0. The first-order valence-electron chi connectivity index (χ1n) is 31.3. The van der Waals surface area contributed by atoms with Crippen molar-refractivity contribution >= 4 is 141 Å². The van der Waals surface area contributed by atoms with E-state index in [4.69, 9.17) is 0 Å². The molecule has 0 saturated heterocycles. The molecule has 2 nitrogen and oxygen atoms in total. The van der Waals surface area contributed by atoms with Crippen LogP contribution in [0, 0.1) is 0 Å². The van der Waals surface area contributed by atoms with Crippen molar-refractivity contribution in [1.82, 2.24) is 0 Å². The van der Waals surface area contributed by atoms with E-state index in [1.165, 1.54) is 129 Å². The Bertz CT molecular complexity index is 5900. The second-order valence-corrected chi connectivity index (χ2v) is 25.0. The van der Waals surface area contributed by atoms with E-state index in [-0.39, 0.29) is 0 Å². The molecule has 424 valence electrons. The second kappa shape index (κ2) is 21.6. The number of fused-ring (bicyclic) bond motifs is 14. The van der Waals surface area contributed by atoms with Crippen molar-refractivity contribution in [2.75, 3.05) is 9.80 Å². The van der Waals surface area contributed by atoms with Gasteiger partial charge in [-0.1, -0.05) is 255 Å². The van der Waals surface area contributed by atoms with E-state index in [1.54, 1.807) is 0 Å². The normalized spacial score (nSPS) is 11.7. The van der Waals surface area contributed by atoms with Crippen LogP contribution in [0.2, 0.25) is 0 Å². The molecule has 1 heterocycles.